The van der Waals surface area contributed by atoms with Gasteiger partial charge in [-0.25, -0.2) is 0 Å². The fourth-order valence-corrected chi connectivity index (χ4v) is 2.98. The number of aromatic nitrogens is 2. The third-order valence-electron chi connectivity index (χ3n) is 4.39. The zero-order valence-electron chi connectivity index (χ0n) is 12.9. The number of hydrogen-bond donors (Lipinski definition) is 0. The fraction of sp³-hybridized carbons (Fsp3) is 0.316. The molecule has 1 aromatic carbocycles. The maximum absolute atomic E-state index is 4.55. The van der Waals surface area contributed by atoms with Gasteiger partial charge in [-0.15, -0.1) is 0 Å². The minimum atomic E-state index is 0.847. The molecule has 0 radical (unpaired) electrons. The van der Waals surface area contributed by atoms with Crippen molar-refractivity contribution < 1.29 is 0 Å². The van der Waals surface area contributed by atoms with Gasteiger partial charge < -0.3 is 4.90 Å². The highest BCUT2D eigenvalue weighted by molar-refractivity contribution is 6.05. The van der Waals surface area contributed by atoms with E-state index in [9.17, 15) is 0 Å². The summed E-state index contributed by atoms with van der Waals surface area (Å²) in [6.07, 6.45) is 11.5. The highest BCUT2D eigenvalue weighted by Crippen LogP contribution is 2.34. The van der Waals surface area contributed by atoms with Gasteiger partial charge in [0.05, 0.1) is 6.20 Å². The first-order chi connectivity index (χ1) is 10.8. The van der Waals surface area contributed by atoms with Crippen LogP contribution >= 0.6 is 0 Å². The summed E-state index contributed by atoms with van der Waals surface area (Å²) in [5.74, 6) is 0.847. The third kappa shape index (κ3) is 2.71. The summed E-state index contributed by atoms with van der Waals surface area (Å²) in [7, 11) is 2.12. The van der Waals surface area contributed by atoms with Crippen molar-refractivity contribution in [2.24, 2.45) is 5.92 Å². The van der Waals surface area contributed by atoms with E-state index in [0.29, 0.717) is 0 Å². The van der Waals surface area contributed by atoms with E-state index in [1.54, 1.807) is 0 Å². The molecule has 0 N–H and O–H groups in total. The Balaban J connectivity index is 1.67. The standard InChI is InChI=1S/C19H21N3/c1-21-10-9-18(16-5-3-2-4-6-16)19(14-21)17-11-20-22(13-17)12-15-7-8-15/h2-6,9,11,13-15H,7-8,10,12H2,1H3. The van der Waals surface area contributed by atoms with Gasteiger partial charge in [-0.2, -0.15) is 5.10 Å². The maximum Gasteiger partial charge on any atom is 0.0569 e. The van der Waals surface area contributed by atoms with Gasteiger partial charge in [0.2, 0.25) is 0 Å². The normalized spacial score (nSPS) is 18.1. The van der Waals surface area contributed by atoms with Gasteiger partial charge in [-0.05, 0) is 29.9 Å². The number of allylic oxidation sites excluding steroid dienone is 2. The number of likely N-dealkylation sites (N-methyl/N-ethyl adjacent to an activating group) is 1. The van der Waals surface area contributed by atoms with E-state index in [1.165, 1.54) is 35.1 Å². The fourth-order valence-electron chi connectivity index (χ4n) is 2.98. The first kappa shape index (κ1) is 13.4. The number of hydrogen-bond acceptors (Lipinski definition) is 2. The van der Waals surface area contributed by atoms with Crippen molar-refractivity contribution in [3.8, 4) is 0 Å². The van der Waals surface area contributed by atoms with Gasteiger partial charge in [0.1, 0.15) is 0 Å². The topological polar surface area (TPSA) is 21.1 Å². The van der Waals surface area contributed by atoms with E-state index in [-0.39, 0.29) is 0 Å². The van der Waals surface area contributed by atoms with E-state index < -0.39 is 0 Å². The monoisotopic (exact) mass is 291 g/mol. The molecule has 1 aliphatic carbocycles. The summed E-state index contributed by atoms with van der Waals surface area (Å²) in [4.78, 5) is 2.22. The Morgan fingerprint density at radius 2 is 1.91 bits per heavy atom. The van der Waals surface area contributed by atoms with Gasteiger partial charge in [0.15, 0.2) is 0 Å². The average molecular weight is 291 g/mol. The smallest absolute Gasteiger partial charge is 0.0569 e. The molecular formula is C19H21N3. The lowest BCUT2D eigenvalue weighted by Gasteiger charge is -2.23. The van der Waals surface area contributed by atoms with Crippen LogP contribution in [0.1, 0.15) is 24.0 Å². The highest BCUT2D eigenvalue weighted by atomic mass is 15.3. The molecule has 1 saturated carbocycles. The predicted octanol–water partition coefficient (Wildman–Crippen LogP) is 3.66. The second-order valence-corrected chi connectivity index (χ2v) is 6.36. The predicted molar refractivity (Wildman–Crippen MR) is 90.0 cm³/mol. The summed E-state index contributed by atoms with van der Waals surface area (Å²) in [6.45, 7) is 2.01. The van der Waals surface area contributed by atoms with Crippen LogP contribution in [-0.2, 0) is 6.54 Å². The maximum atomic E-state index is 4.55. The van der Waals surface area contributed by atoms with Crippen molar-refractivity contribution in [2.75, 3.05) is 13.6 Å². The molecule has 3 heteroatoms. The first-order valence-electron chi connectivity index (χ1n) is 8.00. The summed E-state index contributed by atoms with van der Waals surface area (Å²) in [5.41, 5.74) is 5.06. The number of rotatable bonds is 4. The minimum absolute atomic E-state index is 0.847. The molecular weight excluding hydrogens is 270 g/mol. The minimum Gasteiger partial charge on any atom is -0.376 e. The Bertz CT molecular complexity index is 720. The van der Waals surface area contributed by atoms with Gasteiger partial charge in [-0.1, -0.05) is 36.4 Å². The molecule has 0 atom stereocenters. The molecule has 0 spiro atoms. The van der Waals surface area contributed by atoms with Crippen molar-refractivity contribution in [2.45, 2.75) is 19.4 Å². The Hall–Kier alpha value is -2.29. The van der Waals surface area contributed by atoms with Crippen LogP contribution < -0.4 is 0 Å². The van der Waals surface area contributed by atoms with E-state index >= 15 is 0 Å². The van der Waals surface area contributed by atoms with Gasteiger partial charge in [0, 0.05) is 43.7 Å². The Kier molecular flexibility index (Phi) is 3.34. The molecule has 2 aromatic rings. The zero-order valence-corrected chi connectivity index (χ0v) is 12.9. The van der Waals surface area contributed by atoms with Crippen LogP contribution in [0.15, 0.2) is 55.0 Å². The summed E-state index contributed by atoms with van der Waals surface area (Å²) in [5, 5.41) is 4.55. The molecule has 0 bridgehead atoms. The SMILES string of the molecule is CN1C=C(c2cnn(CC3CC3)c2)C(c2ccccc2)=CC1. The quantitative estimate of drug-likeness (QED) is 0.857. The van der Waals surface area contributed by atoms with E-state index in [1.807, 2.05) is 6.20 Å². The molecule has 1 fully saturated rings. The zero-order chi connectivity index (χ0) is 14.9. The van der Waals surface area contributed by atoms with Crippen molar-refractivity contribution in [3.05, 3.63) is 66.1 Å². The largest absolute Gasteiger partial charge is 0.376 e. The highest BCUT2D eigenvalue weighted by Gasteiger charge is 2.23. The molecule has 1 aliphatic heterocycles. The van der Waals surface area contributed by atoms with Gasteiger partial charge >= 0.3 is 0 Å². The molecule has 112 valence electrons. The second kappa shape index (κ2) is 5.48. The molecule has 0 unspecified atom stereocenters. The van der Waals surface area contributed by atoms with Crippen LogP contribution in [-0.4, -0.2) is 28.3 Å². The van der Waals surface area contributed by atoms with Crippen molar-refractivity contribution in [3.63, 3.8) is 0 Å². The Morgan fingerprint density at radius 3 is 2.68 bits per heavy atom. The Morgan fingerprint density at radius 1 is 1.09 bits per heavy atom. The Labute approximate surface area is 131 Å². The lowest BCUT2D eigenvalue weighted by molar-refractivity contribution is 0.508. The van der Waals surface area contributed by atoms with Crippen LogP contribution in [0.25, 0.3) is 11.1 Å². The van der Waals surface area contributed by atoms with Crippen LogP contribution in [0.3, 0.4) is 0 Å². The summed E-state index contributed by atoms with van der Waals surface area (Å²) in [6, 6.07) is 10.6. The first-order valence-corrected chi connectivity index (χ1v) is 8.00. The van der Waals surface area contributed by atoms with E-state index in [4.69, 9.17) is 0 Å². The molecule has 0 amide bonds. The number of benzene rings is 1. The van der Waals surface area contributed by atoms with Crippen LogP contribution in [0.2, 0.25) is 0 Å². The van der Waals surface area contributed by atoms with Crippen LogP contribution in [0, 0.1) is 5.92 Å². The van der Waals surface area contributed by atoms with Crippen LogP contribution in [0.5, 0.6) is 0 Å². The molecule has 2 heterocycles. The second-order valence-electron chi connectivity index (χ2n) is 6.36. The molecule has 2 aliphatic rings. The molecule has 1 aromatic heterocycles. The molecule has 0 saturated heterocycles. The molecule has 4 rings (SSSR count). The van der Waals surface area contributed by atoms with Crippen molar-refractivity contribution in [1.82, 2.24) is 14.7 Å². The number of nitrogens with zero attached hydrogens (tertiary/aromatic N) is 3. The average Bonchev–Trinajstić information content (AvgIpc) is 3.23. The van der Waals surface area contributed by atoms with Gasteiger partial charge in [0.25, 0.3) is 0 Å². The lowest BCUT2D eigenvalue weighted by atomic mass is 9.92. The summed E-state index contributed by atoms with van der Waals surface area (Å²) < 4.78 is 2.10. The van der Waals surface area contributed by atoms with E-state index in [2.05, 4.69) is 70.5 Å². The summed E-state index contributed by atoms with van der Waals surface area (Å²) >= 11 is 0. The van der Waals surface area contributed by atoms with Crippen molar-refractivity contribution >= 4 is 11.1 Å². The van der Waals surface area contributed by atoms with Crippen LogP contribution in [0.4, 0.5) is 0 Å². The molecule has 22 heavy (non-hydrogen) atoms. The third-order valence-corrected chi connectivity index (χ3v) is 4.39. The van der Waals surface area contributed by atoms with Crippen molar-refractivity contribution in [1.29, 1.82) is 0 Å². The van der Waals surface area contributed by atoms with E-state index in [0.717, 1.165) is 19.0 Å². The molecule has 3 nitrogen and oxygen atoms in total. The van der Waals surface area contributed by atoms with Gasteiger partial charge in [-0.3, -0.25) is 4.68 Å². The lowest BCUT2D eigenvalue weighted by Crippen LogP contribution is -2.15.